The largest absolute Gasteiger partial charge is 0.409 e. The molecular weight excluding hydrogens is 280 g/mol. The molecule has 1 aromatic rings. The van der Waals surface area contributed by atoms with Crippen molar-refractivity contribution in [3.05, 3.63) is 30.1 Å². The van der Waals surface area contributed by atoms with Gasteiger partial charge in [0.1, 0.15) is 0 Å². The van der Waals surface area contributed by atoms with Crippen LogP contribution in [0.25, 0.3) is 0 Å². The number of hydrogen-bond donors (Lipinski definition) is 3. The lowest BCUT2D eigenvalue weighted by atomic mass is 10.1. The van der Waals surface area contributed by atoms with Crippen molar-refractivity contribution in [3.63, 3.8) is 0 Å². The maximum absolute atomic E-state index is 12.0. The Balaban J connectivity index is 2.69. The predicted molar refractivity (Wildman–Crippen MR) is 76.9 cm³/mol. The zero-order valence-electron chi connectivity index (χ0n) is 11.5. The van der Waals surface area contributed by atoms with E-state index in [0.717, 1.165) is 5.56 Å². The molecule has 1 aromatic heterocycles. The fourth-order valence-corrected chi connectivity index (χ4v) is 3.06. The number of sulfonamides is 1. The van der Waals surface area contributed by atoms with E-state index in [0.29, 0.717) is 6.42 Å². The number of pyridine rings is 1. The molecule has 8 heteroatoms. The molecule has 4 N–H and O–H groups in total. The van der Waals surface area contributed by atoms with Crippen LogP contribution in [-0.2, 0) is 16.4 Å². The number of nitrogens with one attached hydrogen (secondary N) is 1. The monoisotopic (exact) mass is 300 g/mol. The van der Waals surface area contributed by atoms with Crippen molar-refractivity contribution in [2.75, 3.05) is 5.75 Å². The van der Waals surface area contributed by atoms with Gasteiger partial charge in [-0.3, -0.25) is 4.98 Å². The molecule has 0 aliphatic rings. The average molecular weight is 300 g/mol. The fourth-order valence-electron chi connectivity index (χ4n) is 1.65. The molecule has 0 spiro atoms. The Hall–Kier alpha value is -1.67. The summed E-state index contributed by atoms with van der Waals surface area (Å²) in [6.45, 7) is 3.57. The molecule has 112 valence electrons. The minimum Gasteiger partial charge on any atom is -0.409 e. The first-order chi connectivity index (χ1) is 9.35. The second-order valence-electron chi connectivity index (χ2n) is 4.79. The van der Waals surface area contributed by atoms with Crippen LogP contribution in [0.15, 0.2) is 29.7 Å². The normalized spacial score (nSPS) is 14.4. The van der Waals surface area contributed by atoms with Crippen molar-refractivity contribution in [1.29, 1.82) is 0 Å². The van der Waals surface area contributed by atoms with E-state index >= 15 is 0 Å². The number of aromatic nitrogens is 1. The van der Waals surface area contributed by atoms with Gasteiger partial charge >= 0.3 is 0 Å². The molecule has 1 rings (SSSR count). The summed E-state index contributed by atoms with van der Waals surface area (Å²) in [4.78, 5) is 3.87. The van der Waals surface area contributed by atoms with Gasteiger partial charge in [-0.25, -0.2) is 13.1 Å². The smallest absolute Gasteiger partial charge is 0.212 e. The molecular formula is C12H20N4O3S. The molecule has 0 aromatic carbocycles. The second kappa shape index (κ2) is 7.20. The first kappa shape index (κ1) is 16.4. The highest BCUT2D eigenvalue weighted by Crippen LogP contribution is 2.06. The van der Waals surface area contributed by atoms with Crippen LogP contribution in [0.4, 0.5) is 0 Å². The van der Waals surface area contributed by atoms with Gasteiger partial charge in [0.05, 0.1) is 11.8 Å². The maximum Gasteiger partial charge on any atom is 0.212 e. The van der Waals surface area contributed by atoms with Crippen molar-refractivity contribution in [1.82, 2.24) is 9.71 Å². The van der Waals surface area contributed by atoms with Crippen molar-refractivity contribution >= 4 is 15.9 Å². The molecule has 0 saturated heterocycles. The highest BCUT2D eigenvalue weighted by atomic mass is 32.2. The van der Waals surface area contributed by atoms with Crippen LogP contribution >= 0.6 is 0 Å². The van der Waals surface area contributed by atoms with Crippen molar-refractivity contribution in [3.8, 4) is 0 Å². The zero-order valence-corrected chi connectivity index (χ0v) is 12.3. The molecule has 0 fully saturated rings. The van der Waals surface area contributed by atoms with E-state index in [1.807, 2.05) is 0 Å². The second-order valence-corrected chi connectivity index (χ2v) is 6.66. The Bertz CT molecular complexity index is 543. The third kappa shape index (κ3) is 5.14. The molecule has 1 unspecified atom stereocenters. The Morgan fingerprint density at radius 1 is 1.45 bits per heavy atom. The Kier molecular flexibility index (Phi) is 5.90. The summed E-state index contributed by atoms with van der Waals surface area (Å²) in [6, 6.07) is 2.81. The van der Waals surface area contributed by atoms with Crippen molar-refractivity contribution in [2.45, 2.75) is 26.3 Å². The summed E-state index contributed by atoms with van der Waals surface area (Å²) < 4.78 is 26.5. The number of oxime groups is 1. The van der Waals surface area contributed by atoms with Gasteiger partial charge in [0, 0.05) is 12.4 Å². The van der Waals surface area contributed by atoms with Crippen molar-refractivity contribution in [2.24, 2.45) is 16.8 Å². The zero-order chi connectivity index (χ0) is 15.2. The average Bonchev–Trinajstić information content (AvgIpc) is 2.43. The minimum atomic E-state index is -3.52. The number of nitrogens with two attached hydrogens (primary N) is 1. The van der Waals surface area contributed by atoms with E-state index < -0.39 is 16.1 Å². The number of rotatable bonds is 7. The van der Waals surface area contributed by atoms with Crippen LogP contribution in [0, 0.1) is 5.92 Å². The van der Waals surface area contributed by atoms with Gasteiger partial charge in [-0.2, -0.15) is 0 Å². The predicted octanol–water partition coefficient (Wildman–Crippen LogP) is 0.315. The van der Waals surface area contributed by atoms with Crippen LogP contribution < -0.4 is 10.5 Å². The molecule has 0 amide bonds. The molecule has 0 bridgehead atoms. The lowest BCUT2D eigenvalue weighted by Gasteiger charge is -2.20. The van der Waals surface area contributed by atoms with Crippen LogP contribution in [0.1, 0.15) is 19.4 Å². The summed E-state index contributed by atoms with van der Waals surface area (Å²) >= 11 is 0. The third-order valence-electron chi connectivity index (χ3n) is 2.82. The molecule has 0 aliphatic heterocycles. The summed E-state index contributed by atoms with van der Waals surface area (Å²) in [5.41, 5.74) is 6.38. The molecule has 7 nitrogen and oxygen atoms in total. The van der Waals surface area contributed by atoms with Crippen LogP contribution in [-0.4, -0.2) is 36.2 Å². The van der Waals surface area contributed by atoms with Gasteiger partial charge < -0.3 is 10.9 Å². The molecule has 0 saturated carbocycles. The lowest BCUT2D eigenvalue weighted by Crippen LogP contribution is -2.48. The van der Waals surface area contributed by atoms with E-state index in [9.17, 15) is 8.42 Å². The SMILES string of the molecule is CC(C)C(NS(=O)(=O)CCc1ccncc1)C(N)=NO. The number of amidine groups is 1. The fraction of sp³-hybridized carbons (Fsp3) is 0.500. The van der Waals surface area contributed by atoms with Gasteiger partial charge in [-0.05, 0) is 30.0 Å². The van der Waals surface area contributed by atoms with Gasteiger partial charge in [0.15, 0.2) is 5.84 Å². The molecule has 1 atom stereocenters. The van der Waals surface area contributed by atoms with E-state index in [-0.39, 0.29) is 17.5 Å². The van der Waals surface area contributed by atoms with E-state index in [4.69, 9.17) is 10.9 Å². The molecule has 1 heterocycles. The quantitative estimate of drug-likeness (QED) is 0.290. The third-order valence-corrected chi connectivity index (χ3v) is 4.17. The van der Waals surface area contributed by atoms with Gasteiger partial charge in [-0.1, -0.05) is 19.0 Å². The lowest BCUT2D eigenvalue weighted by molar-refractivity contribution is 0.313. The Labute approximate surface area is 118 Å². The standard InChI is InChI=1S/C12H20N4O3S/c1-9(2)11(12(13)15-17)16-20(18,19)8-5-10-3-6-14-7-4-10/h3-4,6-7,9,11,16-17H,5,8H2,1-2H3,(H2,13,15). The summed E-state index contributed by atoms with van der Waals surface area (Å²) in [5.74, 6) is -0.340. The van der Waals surface area contributed by atoms with Crippen LogP contribution in [0.3, 0.4) is 0 Å². The van der Waals surface area contributed by atoms with Crippen LogP contribution in [0.5, 0.6) is 0 Å². The highest BCUT2D eigenvalue weighted by Gasteiger charge is 2.24. The summed E-state index contributed by atoms with van der Waals surface area (Å²) in [7, 11) is -3.52. The Morgan fingerprint density at radius 2 is 2.05 bits per heavy atom. The van der Waals surface area contributed by atoms with E-state index in [2.05, 4.69) is 14.9 Å². The van der Waals surface area contributed by atoms with E-state index in [1.165, 1.54) is 0 Å². The van der Waals surface area contributed by atoms with Gasteiger partial charge in [-0.15, -0.1) is 0 Å². The molecule has 20 heavy (non-hydrogen) atoms. The maximum atomic E-state index is 12.0. The first-order valence-electron chi connectivity index (χ1n) is 6.22. The number of aryl methyl sites for hydroxylation is 1. The summed E-state index contributed by atoms with van der Waals surface area (Å²) in [6.07, 6.45) is 3.60. The minimum absolute atomic E-state index is 0.0705. The van der Waals surface area contributed by atoms with Crippen molar-refractivity contribution < 1.29 is 13.6 Å². The topological polar surface area (TPSA) is 118 Å². The Morgan fingerprint density at radius 3 is 2.55 bits per heavy atom. The van der Waals surface area contributed by atoms with Gasteiger partial charge in [0.25, 0.3) is 0 Å². The first-order valence-corrected chi connectivity index (χ1v) is 7.87. The highest BCUT2D eigenvalue weighted by molar-refractivity contribution is 7.89. The summed E-state index contributed by atoms with van der Waals surface area (Å²) in [5, 5.41) is 11.6. The van der Waals surface area contributed by atoms with Gasteiger partial charge in [0.2, 0.25) is 10.0 Å². The van der Waals surface area contributed by atoms with E-state index in [1.54, 1.807) is 38.4 Å². The number of nitrogens with zero attached hydrogens (tertiary/aromatic N) is 2. The molecule has 0 radical (unpaired) electrons. The van der Waals surface area contributed by atoms with Crippen LogP contribution in [0.2, 0.25) is 0 Å². The molecule has 0 aliphatic carbocycles. The number of hydrogen-bond acceptors (Lipinski definition) is 5.